The molecule has 6 nitrogen and oxygen atoms in total. The van der Waals surface area contributed by atoms with Crippen LogP contribution in [0.2, 0.25) is 0 Å². The lowest BCUT2D eigenvalue weighted by Crippen LogP contribution is -2.38. The van der Waals surface area contributed by atoms with Gasteiger partial charge in [-0.2, -0.15) is 0 Å². The number of para-hydroxylation sites is 1. The van der Waals surface area contributed by atoms with Gasteiger partial charge in [0.2, 0.25) is 0 Å². The highest BCUT2D eigenvalue weighted by Crippen LogP contribution is 2.30. The van der Waals surface area contributed by atoms with Crippen molar-refractivity contribution in [2.24, 2.45) is 10.9 Å². The smallest absolute Gasteiger partial charge is 0.307 e. The summed E-state index contributed by atoms with van der Waals surface area (Å²) < 4.78 is 10.5. The van der Waals surface area contributed by atoms with E-state index in [1.807, 2.05) is 24.3 Å². The summed E-state index contributed by atoms with van der Waals surface area (Å²) in [5, 5.41) is 6.31. The standard InChI is InChI=1S/C17H25N3O3/c1-18-17(19-10-9-16(21)22-2)20-11-14-5-3-4-6-15(14)23-12-13-7-8-13/h3-6,13H,7-12H2,1-2H3,(H2,18,19,20). The summed E-state index contributed by atoms with van der Waals surface area (Å²) in [5.74, 6) is 2.04. The van der Waals surface area contributed by atoms with Crippen molar-refractivity contribution >= 4 is 11.9 Å². The topological polar surface area (TPSA) is 72.0 Å². The number of hydrogen-bond donors (Lipinski definition) is 2. The molecule has 0 bridgehead atoms. The summed E-state index contributed by atoms with van der Waals surface area (Å²) in [5.41, 5.74) is 1.09. The summed E-state index contributed by atoms with van der Waals surface area (Å²) in [6.45, 7) is 1.88. The Bertz CT molecular complexity index is 542. The van der Waals surface area contributed by atoms with Crippen molar-refractivity contribution < 1.29 is 14.3 Å². The SMILES string of the molecule is CN=C(NCCC(=O)OC)NCc1ccccc1OCC1CC1. The van der Waals surface area contributed by atoms with Gasteiger partial charge < -0.3 is 20.1 Å². The summed E-state index contributed by atoms with van der Waals surface area (Å²) in [6.07, 6.45) is 2.85. The maximum absolute atomic E-state index is 11.1. The van der Waals surface area contributed by atoms with E-state index in [0.29, 0.717) is 25.5 Å². The second-order valence-corrected chi connectivity index (χ2v) is 5.54. The first-order valence-corrected chi connectivity index (χ1v) is 7.95. The Labute approximate surface area is 137 Å². The average molecular weight is 319 g/mol. The molecular weight excluding hydrogens is 294 g/mol. The summed E-state index contributed by atoms with van der Waals surface area (Å²) >= 11 is 0. The van der Waals surface area contributed by atoms with Gasteiger partial charge >= 0.3 is 5.97 Å². The normalized spacial score (nSPS) is 14.3. The Morgan fingerprint density at radius 1 is 1.30 bits per heavy atom. The van der Waals surface area contributed by atoms with E-state index in [1.165, 1.54) is 20.0 Å². The lowest BCUT2D eigenvalue weighted by atomic mass is 10.2. The Morgan fingerprint density at radius 3 is 2.78 bits per heavy atom. The van der Waals surface area contributed by atoms with Gasteiger partial charge in [-0.25, -0.2) is 0 Å². The van der Waals surface area contributed by atoms with Crippen LogP contribution >= 0.6 is 0 Å². The molecule has 2 rings (SSSR count). The maximum Gasteiger partial charge on any atom is 0.307 e. The van der Waals surface area contributed by atoms with Gasteiger partial charge in [0.15, 0.2) is 5.96 Å². The fraction of sp³-hybridized carbons (Fsp3) is 0.529. The molecule has 0 atom stereocenters. The molecule has 1 saturated carbocycles. The lowest BCUT2D eigenvalue weighted by Gasteiger charge is -2.14. The van der Waals surface area contributed by atoms with E-state index < -0.39 is 0 Å². The zero-order valence-electron chi connectivity index (χ0n) is 13.8. The van der Waals surface area contributed by atoms with Gasteiger partial charge in [-0.05, 0) is 24.8 Å². The van der Waals surface area contributed by atoms with Crippen molar-refractivity contribution in [3.05, 3.63) is 29.8 Å². The molecule has 1 aliphatic carbocycles. The van der Waals surface area contributed by atoms with Crippen LogP contribution in [0.15, 0.2) is 29.3 Å². The number of methoxy groups -OCH3 is 1. The van der Waals surface area contributed by atoms with Crippen LogP contribution in [0.1, 0.15) is 24.8 Å². The Kier molecular flexibility index (Phi) is 6.72. The first-order chi connectivity index (χ1) is 11.2. The Morgan fingerprint density at radius 2 is 2.09 bits per heavy atom. The van der Waals surface area contributed by atoms with Crippen molar-refractivity contribution in [2.75, 3.05) is 27.3 Å². The van der Waals surface area contributed by atoms with Gasteiger partial charge in [-0.3, -0.25) is 9.79 Å². The molecule has 1 fully saturated rings. The van der Waals surface area contributed by atoms with E-state index in [1.54, 1.807) is 7.05 Å². The van der Waals surface area contributed by atoms with Gasteiger partial charge in [-0.15, -0.1) is 0 Å². The first kappa shape index (κ1) is 17.1. The van der Waals surface area contributed by atoms with E-state index in [2.05, 4.69) is 20.4 Å². The highest BCUT2D eigenvalue weighted by Gasteiger charge is 2.22. The summed E-state index contributed by atoms with van der Waals surface area (Å²) in [4.78, 5) is 15.2. The summed E-state index contributed by atoms with van der Waals surface area (Å²) in [6, 6.07) is 8.01. The quantitative estimate of drug-likeness (QED) is 0.433. The second kappa shape index (κ2) is 9.02. The van der Waals surface area contributed by atoms with Crippen molar-refractivity contribution in [3.63, 3.8) is 0 Å². The number of aliphatic imine (C=N–C) groups is 1. The molecule has 1 aliphatic rings. The van der Waals surface area contributed by atoms with E-state index >= 15 is 0 Å². The first-order valence-electron chi connectivity index (χ1n) is 7.95. The third-order valence-electron chi connectivity index (χ3n) is 3.66. The second-order valence-electron chi connectivity index (χ2n) is 5.54. The van der Waals surface area contributed by atoms with Gasteiger partial charge in [0.05, 0.1) is 20.1 Å². The van der Waals surface area contributed by atoms with E-state index in [-0.39, 0.29) is 5.97 Å². The number of hydrogen-bond acceptors (Lipinski definition) is 4. The predicted molar refractivity (Wildman–Crippen MR) is 89.5 cm³/mol. The minimum absolute atomic E-state index is 0.244. The molecule has 0 aliphatic heterocycles. The van der Waals surface area contributed by atoms with Crippen molar-refractivity contribution in [2.45, 2.75) is 25.8 Å². The third kappa shape index (κ3) is 6.18. The zero-order valence-corrected chi connectivity index (χ0v) is 13.8. The predicted octanol–water partition coefficient (Wildman–Crippen LogP) is 1.70. The number of benzene rings is 1. The van der Waals surface area contributed by atoms with E-state index in [9.17, 15) is 4.79 Å². The molecule has 0 radical (unpaired) electrons. The molecule has 0 unspecified atom stereocenters. The number of nitrogens with one attached hydrogen (secondary N) is 2. The van der Waals surface area contributed by atoms with Crippen LogP contribution in [0.5, 0.6) is 5.75 Å². The van der Waals surface area contributed by atoms with Crippen molar-refractivity contribution in [3.8, 4) is 5.75 Å². The number of carbonyl (C=O) groups is 1. The van der Waals surface area contributed by atoms with Crippen LogP contribution in [0, 0.1) is 5.92 Å². The summed E-state index contributed by atoms with van der Waals surface area (Å²) in [7, 11) is 3.08. The number of esters is 1. The molecule has 126 valence electrons. The zero-order chi connectivity index (χ0) is 16.5. The number of rotatable bonds is 8. The minimum Gasteiger partial charge on any atom is -0.493 e. The lowest BCUT2D eigenvalue weighted by molar-refractivity contribution is -0.140. The minimum atomic E-state index is -0.244. The molecule has 0 aromatic heterocycles. The van der Waals surface area contributed by atoms with Crippen molar-refractivity contribution in [1.29, 1.82) is 0 Å². The fourth-order valence-corrected chi connectivity index (χ4v) is 2.07. The monoisotopic (exact) mass is 319 g/mol. The van der Waals surface area contributed by atoms with Crippen LogP contribution in [-0.2, 0) is 16.1 Å². The van der Waals surface area contributed by atoms with Crippen LogP contribution in [0.3, 0.4) is 0 Å². The van der Waals surface area contributed by atoms with Crippen LogP contribution in [-0.4, -0.2) is 39.2 Å². The number of nitrogens with zero attached hydrogens (tertiary/aromatic N) is 1. The van der Waals surface area contributed by atoms with Gasteiger partial charge in [-0.1, -0.05) is 18.2 Å². The highest BCUT2D eigenvalue weighted by atomic mass is 16.5. The Hall–Kier alpha value is -2.24. The third-order valence-corrected chi connectivity index (χ3v) is 3.66. The van der Waals surface area contributed by atoms with E-state index in [0.717, 1.165) is 23.8 Å². The van der Waals surface area contributed by atoms with Crippen LogP contribution < -0.4 is 15.4 Å². The van der Waals surface area contributed by atoms with Crippen molar-refractivity contribution in [1.82, 2.24) is 10.6 Å². The molecular formula is C17H25N3O3. The van der Waals surface area contributed by atoms with Gasteiger partial charge in [0.1, 0.15) is 5.75 Å². The molecule has 0 heterocycles. The van der Waals surface area contributed by atoms with Gasteiger partial charge in [0, 0.05) is 25.7 Å². The molecule has 0 saturated heterocycles. The van der Waals surface area contributed by atoms with E-state index in [4.69, 9.17) is 4.74 Å². The number of guanidine groups is 1. The highest BCUT2D eigenvalue weighted by molar-refractivity contribution is 5.80. The molecule has 0 spiro atoms. The average Bonchev–Trinajstić information content (AvgIpc) is 3.40. The van der Waals surface area contributed by atoms with Crippen LogP contribution in [0.25, 0.3) is 0 Å². The number of ether oxygens (including phenoxy) is 2. The maximum atomic E-state index is 11.1. The number of carbonyl (C=O) groups excluding carboxylic acids is 1. The Balaban J connectivity index is 1.79. The van der Waals surface area contributed by atoms with Gasteiger partial charge in [0.25, 0.3) is 0 Å². The largest absolute Gasteiger partial charge is 0.493 e. The molecule has 1 aromatic carbocycles. The molecule has 0 amide bonds. The fourth-order valence-electron chi connectivity index (χ4n) is 2.07. The van der Waals surface area contributed by atoms with Crippen LogP contribution in [0.4, 0.5) is 0 Å². The molecule has 2 N–H and O–H groups in total. The molecule has 1 aromatic rings. The molecule has 6 heteroatoms. The molecule has 23 heavy (non-hydrogen) atoms.